The Hall–Kier alpha value is -1.78. The molecule has 21 heavy (non-hydrogen) atoms. The number of nitrogen functional groups attached to an aromatic ring is 1. The van der Waals surface area contributed by atoms with Gasteiger partial charge in [-0.2, -0.15) is 5.10 Å². The lowest BCUT2D eigenvalue weighted by molar-refractivity contribution is 0.408. The minimum absolute atomic E-state index is 0.333. The number of hydrogen-bond acceptors (Lipinski definition) is 3. The number of imidazole rings is 1. The summed E-state index contributed by atoms with van der Waals surface area (Å²) in [7, 11) is 1.92. The molecule has 0 aromatic carbocycles. The summed E-state index contributed by atoms with van der Waals surface area (Å²) in [5.74, 6) is 2.49. The summed E-state index contributed by atoms with van der Waals surface area (Å²) >= 11 is 0. The maximum absolute atomic E-state index is 6.42. The van der Waals surface area contributed by atoms with E-state index in [0.29, 0.717) is 12.0 Å². The summed E-state index contributed by atoms with van der Waals surface area (Å²) in [4.78, 5) is 4.92. The number of hydrogen-bond donors (Lipinski definition) is 1. The van der Waals surface area contributed by atoms with Crippen LogP contribution >= 0.6 is 0 Å². The van der Waals surface area contributed by atoms with Gasteiger partial charge >= 0.3 is 0 Å². The van der Waals surface area contributed by atoms with Gasteiger partial charge in [0.2, 0.25) is 0 Å². The van der Waals surface area contributed by atoms with Crippen LogP contribution in [-0.4, -0.2) is 19.3 Å². The predicted molar refractivity (Wildman–Crippen MR) is 85.1 cm³/mol. The Kier molecular flexibility index (Phi) is 3.74. The highest BCUT2D eigenvalue weighted by molar-refractivity contribution is 5.70. The SMILES string of the molecule is CC(C)n1c(C2CCCCC2)nc(-c2cnn(C)c2)c1N. The van der Waals surface area contributed by atoms with Gasteiger partial charge in [0.15, 0.2) is 0 Å². The van der Waals surface area contributed by atoms with E-state index in [-0.39, 0.29) is 0 Å². The lowest BCUT2D eigenvalue weighted by Gasteiger charge is -2.24. The standard InChI is InChI=1S/C16H25N5/c1-11(2)21-15(17)14(13-9-18-20(3)10-13)19-16(21)12-7-5-4-6-8-12/h9-12H,4-8,17H2,1-3H3. The van der Waals surface area contributed by atoms with Gasteiger partial charge in [-0.3, -0.25) is 4.68 Å². The van der Waals surface area contributed by atoms with Gasteiger partial charge in [-0.1, -0.05) is 19.3 Å². The first-order valence-corrected chi connectivity index (χ1v) is 7.94. The molecule has 0 spiro atoms. The zero-order chi connectivity index (χ0) is 15.0. The molecule has 1 fully saturated rings. The van der Waals surface area contributed by atoms with Crippen molar-refractivity contribution in [2.45, 2.75) is 57.9 Å². The van der Waals surface area contributed by atoms with Gasteiger partial charge in [0.1, 0.15) is 17.3 Å². The van der Waals surface area contributed by atoms with Crippen molar-refractivity contribution in [2.24, 2.45) is 7.05 Å². The van der Waals surface area contributed by atoms with Crippen molar-refractivity contribution in [3.05, 3.63) is 18.2 Å². The van der Waals surface area contributed by atoms with Crippen LogP contribution in [0.25, 0.3) is 11.3 Å². The zero-order valence-corrected chi connectivity index (χ0v) is 13.2. The third-order valence-corrected chi connectivity index (χ3v) is 4.44. The summed E-state index contributed by atoms with van der Waals surface area (Å²) in [6, 6.07) is 0.333. The van der Waals surface area contributed by atoms with Crippen LogP contribution in [0.4, 0.5) is 5.82 Å². The number of nitrogens with two attached hydrogens (primary N) is 1. The molecule has 0 amide bonds. The fourth-order valence-electron chi connectivity index (χ4n) is 3.41. The smallest absolute Gasteiger partial charge is 0.132 e. The van der Waals surface area contributed by atoms with Gasteiger partial charge in [-0.05, 0) is 26.7 Å². The van der Waals surface area contributed by atoms with Gasteiger partial charge in [-0.25, -0.2) is 4.98 Å². The molecule has 0 radical (unpaired) electrons. The second-order valence-corrected chi connectivity index (χ2v) is 6.41. The minimum atomic E-state index is 0.333. The fraction of sp³-hybridized carbons (Fsp3) is 0.625. The summed E-state index contributed by atoms with van der Waals surface area (Å²) < 4.78 is 4.02. The molecule has 5 heteroatoms. The van der Waals surface area contributed by atoms with Crippen LogP contribution in [0, 0.1) is 0 Å². The largest absolute Gasteiger partial charge is 0.383 e. The normalized spacial score (nSPS) is 16.8. The van der Waals surface area contributed by atoms with Crippen molar-refractivity contribution in [1.29, 1.82) is 0 Å². The van der Waals surface area contributed by atoms with Crippen LogP contribution in [0.2, 0.25) is 0 Å². The number of aromatic nitrogens is 4. The lowest BCUT2D eigenvalue weighted by atomic mass is 9.88. The summed E-state index contributed by atoms with van der Waals surface area (Å²) in [5, 5.41) is 4.24. The molecule has 2 N–H and O–H groups in total. The number of nitrogens with zero attached hydrogens (tertiary/aromatic N) is 4. The Labute approximate surface area is 126 Å². The first-order chi connectivity index (χ1) is 10.1. The highest BCUT2D eigenvalue weighted by Crippen LogP contribution is 2.37. The Morgan fingerprint density at radius 3 is 2.52 bits per heavy atom. The molecule has 114 valence electrons. The molecule has 2 heterocycles. The van der Waals surface area contributed by atoms with E-state index in [4.69, 9.17) is 10.7 Å². The van der Waals surface area contributed by atoms with E-state index in [9.17, 15) is 0 Å². The van der Waals surface area contributed by atoms with Gasteiger partial charge in [-0.15, -0.1) is 0 Å². The summed E-state index contributed by atoms with van der Waals surface area (Å²) in [6.07, 6.45) is 10.2. The van der Waals surface area contributed by atoms with E-state index >= 15 is 0 Å². The van der Waals surface area contributed by atoms with E-state index in [1.165, 1.54) is 37.9 Å². The van der Waals surface area contributed by atoms with Crippen LogP contribution in [0.15, 0.2) is 12.4 Å². The average Bonchev–Trinajstić information content (AvgIpc) is 3.03. The van der Waals surface area contributed by atoms with Crippen molar-refractivity contribution >= 4 is 5.82 Å². The molecule has 0 atom stereocenters. The van der Waals surface area contributed by atoms with Crippen LogP contribution in [-0.2, 0) is 7.05 Å². The third kappa shape index (κ3) is 2.57. The fourth-order valence-corrected chi connectivity index (χ4v) is 3.41. The minimum Gasteiger partial charge on any atom is -0.383 e. The molecular formula is C16H25N5. The van der Waals surface area contributed by atoms with Crippen molar-refractivity contribution in [1.82, 2.24) is 19.3 Å². The molecule has 1 aliphatic carbocycles. The molecule has 0 unspecified atom stereocenters. The monoisotopic (exact) mass is 287 g/mol. The second kappa shape index (κ2) is 5.54. The van der Waals surface area contributed by atoms with Crippen LogP contribution in [0.5, 0.6) is 0 Å². The van der Waals surface area contributed by atoms with E-state index in [1.807, 2.05) is 19.4 Å². The molecule has 1 aliphatic rings. The summed E-state index contributed by atoms with van der Waals surface area (Å²) in [5.41, 5.74) is 8.31. The Morgan fingerprint density at radius 2 is 1.95 bits per heavy atom. The molecule has 3 rings (SSSR count). The second-order valence-electron chi connectivity index (χ2n) is 6.41. The maximum atomic E-state index is 6.42. The maximum Gasteiger partial charge on any atom is 0.132 e. The summed E-state index contributed by atoms with van der Waals surface area (Å²) in [6.45, 7) is 4.36. The van der Waals surface area contributed by atoms with Crippen molar-refractivity contribution in [3.63, 3.8) is 0 Å². The molecule has 1 saturated carbocycles. The highest BCUT2D eigenvalue weighted by atomic mass is 15.2. The molecule has 2 aromatic heterocycles. The Bertz CT molecular complexity index is 617. The van der Waals surface area contributed by atoms with Crippen molar-refractivity contribution in [2.75, 3.05) is 5.73 Å². The molecule has 0 saturated heterocycles. The van der Waals surface area contributed by atoms with Gasteiger partial charge in [0.05, 0.1) is 6.20 Å². The average molecular weight is 287 g/mol. The van der Waals surface area contributed by atoms with Crippen LogP contribution in [0.1, 0.15) is 63.7 Å². The van der Waals surface area contributed by atoms with E-state index < -0.39 is 0 Å². The van der Waals surface area contributed by atoms with Gasteiger partial charge in [0, 0.05) is 30.8 Å². The first-order valence-electron chi connectivity index (χ1n) is 7.94. The predicted octanol–water partition coefficient (Wildman–Crippen LogP) is 3.49. The number of rotatable bonds is 3. The van der Waals surface area contributed by atoms with E-state index in [2.05, 4.69) is 23.5 Å². The topological polar surface area (TPSA) is 61.7 Å². The first kappa shape index (κ1) is 14.2. The van der Waals surface area contributed by atoms with Crippen molar-refractivity contribution in [3.8, 4) is 11.3 Å². The molecular weight excluding hydrogens is 262 g/mol. The quantitative estimate of drug-likeness (QED) is 0.940. The van der Waals surface area contributed by atoms with Crippen LogP contribution < -0.4 is 5.73 Å². The Balaban J connectivity index is 2.06. The number of anilines is 1. The van der Waals surface area contributed by atoms with Gasteiger partial charge < -0.3 is 10.3 Å². The van der Waals surface area contributed by atoms with Crippen molar-refractivity contribution < 1.29 is 0 Å². The van der Waals surface area contributed by atoms with Crippen LogP contribution in [0.3, 0.4) is 0 Å². The lowest BCUT2D eigenvalue weighted by Crippen LogP contribution is -2.15. The van der Waals surface area contributed by atoms with Gasteiger partial charge in [0.25, 0.3) is 0 Å². The number of aryl methyl sites for hydroxylation is 1. The molecule has 0 aliphatic heterocycles. The zero-order valence-electron chi connectivity index (χ0n) is 13.2. The third-order valence-electron chi connectivity index (χ3n) is 4.44. The van der Waals surface area contributed by atoms with E-state index in [1.54, 1.807) is 4.68 Å². The molecule has 5 nitrogen and oxygen atoms in total. The highest BCUT2D eigenvalue weighted by Gasteiger charge is 2.26. The molecule has 2 aromatic rings. The molecule has 0 bridgehead atoms. The Morgan fingerprint density at radius 1 is 1.24 bits per heavy atom. The van der Waals surface area contributed by atoms with E-state index in [0.717, 1.165) is 17.1 Å².